The lowest BCUT2D eigenvalue weighted by molar-refractivity contribution is -0.141. The van der Waals surface area contributed by atoms with Crippen molar-refractivity contribution in [2.45, 2.75) is 43.7 Å². The van der Waals surface area contributed by atoms with Gasteiger partial charge in [-0.25, -0.2) is 8.42 Å². The molecule has 0 saturated carbocycles. The van der Waals surface area contributed by atoms with Gasteiger partial charge in [-0.15, -0.1) is 0 Å². The van der Waals surface area contributed by atoms with Gasteiger partial charge in [0.05, 0.1) is 42.9 Å². The van der Waals surface area contributed by atoms with Crippen molar-refractivity contribution in [3.8, 4) is 0 Å². The summed E-state index contributed by atoms with van der Waals surface area (Å²) in [6, 6.07) is 17.2. The van der Waals surface area contributed by atoms with Crippen LogP contribution in [-0.2, 0) is 46.5 Å². The fourth-order valence-corrected chi connectivity index (χ4v) is 6.44. The van der Waals surface area contributed by atoms with E-state index in [2.05, 4.69) is 0 Å². The van der Waals surface area contributed by atoms with Gasteiger partial charge >= 0.3 is 0 Å². The van der Waals surface area contributed by atoms with Crippen LogP contribution in [-0.4, -0.2) is 82.4 Å². The largest absolute Gasteiger partial charge is 0.376 e. The Kier molecular flexibility index (Phi) is 10.4. The van der Waals surface area contributed by atoms with Crippen LogP contribution in [0.3, 0.4) is 0 Å². The number of fused-ring (bicyclic) bond motifs is 2. The van der Waals surface area contributed by atoms with Crippen LogP contribution in [0.15, 0.2) is 54.6 Å². The molecule has 2 amide bonds. The first-order chi connectivity index (χ1) is 19.4. The second kappa shape index (κ2) is 13.1. The molecule has 1 saturated heterocycles. The summed E-state index contributed by atoms with van der Waals surface area (Å²) < 4.78 is 58.2. The maximum Gasteiger partial charge on any atom is 0.261 e. The van der Waals surface area contributed by atoms with Crippen molar-refractivity contribution in [1.29, 1.82) is 0 Å². The third kappa shape index (κ3) is 8.74. The summed E-state index contributed by atoms with van der Waals surface area (Å²) in [4.78, 5) is 27.4. The molecule has 0 bridgehead atoms. The van der Waals surface area contributed by atoms with Crippen LogP contribution in [0.25, 0.3) is 0 Å². The Balaban J connectivity index is 0.000000892. The van der Waals surface area contributed by atoms with Gasteiger partial charge in [0.25, 0.3) is 10.1 Å². The lowest BCUT2D eigenvalue weighted by atomic mass is 9.74. The van der Waals surface area contributed by atoms with Gasteiger partial charge in [0.15, 0.2) is 0 Å². The zero-order valence-electron chi connectivity index (χ0n) is 24.1. The molecule has 232 valence electrons. The molecule has 1 spiro atoms. The van der Waals surface area contributed by atoms with Gasteiger partial charge in [-0.3, -0.25) is 18.4 Å². The van der Waals surface area contributed by atoms with E-state index in [1.807, 2.05) is 54.6 Å². The number of hydrogen-bond acceptors (Lipinski definition) is 8. The standard InChI is InChI=1S/C27H36N4O5S.CH4O3S/c1-26(29,25(28)33)16-21(18-36-17-20-8-4-3-5-9-20)24(32)30-14-12-27(13-15-30)19-31(37(2,34)35)23-11-7-6-10-22(23)27;1-5(2,3)4/h3-11,21H,12-19,29H2,1-2H3,(H2,28,33);1H3,(H,2,3,4)/t21-,26?;/m1./s1. The van der Waals surface area contributed by atoms with Crippen molar-refractivity contribution in [2.75, 3.05) is 43.1 Å². The molecule has 0 aromatic heterocycles. The molecule has 2 aliphatic heterocycles. The number of para-hydroxylation sites is 1. The van der Waals surface area contributed by atoms with Crippen LogP contribution in [0.1, 0.15) is 37.3 Å². The monoisotopic (exact) mass is 624 g/mol. The molecule has 5 N–H and O–H groups in total. The minimum Gasteiger partial charge on any atom is -0.376 e. The third-order valence-corrected chi connectivity index (χ3v) is 8.76. The highest BCUT2D eigenvalue weighted by Crippen LogP contribution is 2.48. The number of anilines is 1. The molecule has 1 unspecified atom stereocenters. The van der Waals surface area contributed by atoms with E-state index in [1.165, 1.54) is 17.5 Å². The average molecular weight is 625 g/mol. The molecule has 2 atom stereocenters. The second-order valence-electron chi connectivity index (χ2n) is 11.3. The van der Waals surface area contributed by atoms with E-state index in [9.17, 15) is 26.4 Å². The molecule has 2 aliphatic rings. The Morgan fingerprint density at radius 1 is 1.02 bits per heavy atom. The zero-order valence-corrected chi connectivity index (χ0v) is 25.7. The summed E-state index contributed by atoms with van der Waals surface area (Å²) in [5.41, 5.74) is 12.7. The third-order valence-electron chi connectivity index (χ3n) is 7.64. The smallest absolute Gasteiger partial charge is 0.261 e. The van der Waals surface area contributed by atoms with Gasteiger partial charge in [0, 0.05) is 25.0 Å². The van der Waals surface area contributed by atoms with Crippen molar-refractivity contribution in [3.05, 3.63) is 65.7 Å². The quantitative estimate of drug-likeness (QED) is 0.345. The van der Waals surface area contributed by atoms with E-state index in [-0.39, 0.29) is 24.3 Å². The molecule has 2 heterocycles. The summed E-state index contributed by atoms with van der Waals surface area (Å²) in [5.74, 6) is -1.44. The van der Waals surface area contributed by atoms with Gasteiger partial charge in [-0.05, 0) is 43.4 Å². The molecule has 2 aromatic rings. The first-order valence-corrected chi connectivity index (χ1v) is 17.1. The fraction of sp³-hybridized carbons (Fsp3) is 0.500. The van der Waals surface area contributed by atoms with Crippen LogP contribution < -0.4 is 15.8 Å². The molecule has 2 aromatic carbocycles. The van der Waals surface area contributed by atoms with Crippen molar-refractivity contribution in [2.24, 2.45) is 17.4 Å². The summed E-state index contributed by atoms with van der Waals surface area (Å²) in [6.07, 6.45) is 3.28. The Bertz CT molecular complexity index is 1460. The molecular weight excluding hydrogens is 584 g/mol. The predicted molar refractivity (Wildman–Crippen MR) is 160 cm³/mol. The van der Waals surface area contributed by atoms with Crippen molar-refractivity contribution in [1.82, 2.24) is 4.90 Å². The van der Waals surface area contributed by atoms with Crippen LogP contribution in [0.5, 0.6) is 0 Å². The van der Waals surface area contributed by atoms with Gasteiger partial charge < -0.3 is 21.1 Å². The number of primary amides is 1. The van der Waals surface area contributed by atoms with E-state index >= 15 is 0 Å². The molecular formula is C28H40N4O8S2. The molecule has 12 nitrogen and oxygen atoms in total. The Morgan fingerprint density at radius 3 is 2.12 bits per heavy atom. The first-order valence-electron chi connectivity index (χ1n) is 13.4. The van der Waals surface area contributed by atoms with Crippen molar-refractivity contribution >= 4 is 37.6 Å². The minimum absolute atomic E-state index is 0.0717. The lowest BCUT2D eigenvalue weighted by Crippen LogP contribution is -2.54. The SMILES string of the molecule is CC(N)(C[C@H](COCc1ccccc1)C(=O)N1CCC2(CC1)CN(S(C)(=O)=O)c1ccccc12)C(N)=O.CS(=O)(=O)O. The minimum atomic E-state index is -3.67. The summed E-state index contributed by atoms with van der Waals surface area (Å²) in [7, 11) is -7.08. The molecule has 1 fully saturated rings. The van der Waals surface area contributed by atoms with E-state index in [0.717, 1.165) is 16.8 Å². The number of nitrogens with zero attached hydrogens (tertiary/aromatic N) is 2. The van der Waals surface area contributed by atoms with Crippen LogP contribution in [0.4, 0.5) is 5.69 Å². The number of ether oxygens (including phenoxy) is 1. The zero-order chi connectivity index (χ0) is 31.3. The average Bonchev–Trinajstić information content (AvgIpc) is 3.22. The first kappa shape index (κ1) is 33.5. The molecule has 0 radical (unpaired) electrons. The maximum absolute atomic E-state index is 13.6. The number of piperidine rings is 1. The van der Waals surface area contributed by atoms with Gasteiger partial charge in [0.1, 0.15) is 0 Å². The number of amides is 2. The van der Waals surface area contributed by atoms with E-state index < -0.39 is 37.5 Å². The van der Waals surface area contributed by atoms with Gasteiger partial charge in [0.2, 0.25) is 21.8 Å². The van der Waals surface area contributed by atoms with Crippen LogP contribution in [0.2, 0.25) is 0 Å². The summed E-state index contributed by atoms with van der Waals surface area (Å²) in [5, 5.41) is 0. The molecule has 0 aliphatic carbocycles. The Hall–Kier alpha value is -3.04. The summed E-state index contributed by atoms with van der Waals surface area (Å²) in [6.45, 7) is 3.30. The maximum atomic E-state index is 13.6. The number of nitrogens with two attached hydrogens (primary N) is 2. The number of rotatable bonds is 9. The van der Waals surface area contributed by atoms with Crippen molar-refractivity contribution in [3.63, 3.8) is 0 Å². The summed E-state index contributed by atoms with van der Waals surface area (Å²) >= 11 is 0. The highest BCUT2D eigenvalue weighted by atomic mass is 32.2. The number of hydrogen-bond donors (Lipinski definition) is 3. The Labute approximate surface area is 247 Å². The number of sulfonamides is 1. The van der Waals surface area contributed by atoms with Crippen LogP contribution in [0, 0.1) is 5.92 Å². The fourth-order valence-electron chi connectivity index (χ4n) is 5.44. The topological polar surface area (TPSA) is 190 Å². The van der Waals surface area contributed by atoms with Gasteiger partial charge in [-0.1, -0.05) is 48.5 Å². The highest BCUT2D eigenvalue weighted by molar-refractivity contribution is 7.92. The number of carbonyl (C=O) groups excluding carboxylic acids is 2. The lowest BCUT2D eigenvalue weighted by Gasteiger charge is -2.41. The second-order valence-corrected chi connectivity index (χ2v) is 14.7. The number of benzene rings is 2. The van der Waals surface area contributed by atoms with E-state index in [4.69, 9.17) is 20.8 Å². The van der Waals surface area contributed by atoms with Gasteiger partial charge in [-0.2, -0.15) is 8.42 Å². The van der Waals surface area contributed by atoms with Crippen LogP contribution >= 0.6 is 0 Å². The Morgan fingerprint density at radius 2 is 1.57 bits per heavy atom. The number of likely N-dealkylation sites (tertiary alicyclic amines) is 1. The molecule has 14 heteroatoms. The number of carbonyl (C=O) groups is 2. The normalized spacial score (nSPS) is 18.4. The predicted octanol–water partition coefficient (Wildman–Crippen LogP) is 1.26. The highest BCUT2D eigenvalue weighted by Gasteiger charge is 2.48. The van der Waals surface area contributed by atoms with E-state index in [0.29, 0.717) is 45.3 Å². The van der Waals surface area contributed by atoms with E-state index in [1.54, 1.807) is 4.90 Å². The van der Waals surface area contributed by atoms with Crippen molar-refractivity contribution < 1.29 is 35.7 Å². The molecule has 42 heavy (non-hydrogen) atoms. The molecule has 4 rings (SSSR count).